The number of rotatable bonds is 4. The fourth-order valence-electron chi connectivity index (χ4n) is 1.60. The number of nitrogens with two attached hydrogens (primary N) is 1. The van der Waals surface area contributed by atoms with Crippen molar-refractivity contribution in [3.8, 4) is 0 Å². The Morgan fingerprint density at radius 1 is 1.52 bits per heavy atom. The van der Waals surface area contributed by atoms with Gasteiger partial charge in [0.15, 0.2) is 0 Å². The van der Waals surface area contributed by atoms with Crippen molar-refractivity contribution in [2.24, 2.45) is 5.73 Å². The Kier molecular flexibility index (Phi) is 4.38. The second-order valence-corrected chi connectivity index (χ2v) is 6.11. The molecule has 2 rings (SSSR count). The summed E-state index contributed by atoms with van der Waals surface area (Å²) in [5.41, 5.74) is 5.94. The van der Waals surface area contributed by atoms with E-state index in [0.717, 1.165) is 0 Å². The Morgan fingerprint density at radius 2 is 2.24 bits per heavy atom. The largest absolute Gasteiger partial charge is 0.322 e. The second-order valence-electron chi connectivity index (χ2n) is 5.20. The summed E-state index contributed by atoms with van der Waals surface area (Å²) in [5.74, 6) is -0.914. The number of halogens is 2. The van der Waals surface area contributed by atoms with Crippen LogP contribution in [0.25, 0.3) is 0 Å². The number of benzene rings is 1. The predicted octanol–water partition coefficient (Wildman–Crippen LogP) is 2.01. The fraction of sp³-hybridized carbons (Fsp3) is 0.308. The number of aromatic nitrogens is 3. The van der Waals surface area contributed by atoms with Crippen LogP contribution in [0.5, 0.6) is 0 Å². The predicted molar refractivity (Wildman–Crippen MR) is 80.0 cm³/mol. The zero-order chi connectivity index (χ0) is 15.6. The summed E-state index contributed by atoms with van der Waals surface area (Å²) in [6.07, 6.45) is 1.59. The first kappa shape index (κ1) is 15.6. The minimum atomic E-state index is -0.632. The van der Waals surface area contributed by atoms with Crippen LogP contribution < -0.4 is 11.1 Å². The third kappa shape index (κ3) is 4.08. The van der Waals surface area contributed by atoms with Gasteiger partial charge in [0, 0.05) is 4.47 Å². The Balaban J connectivity index is 2.03. The van der Waals surface area contributed by atoms with Gasteiger partial charge in [-0.1, -0.05) is 21.1 Å². The van der Waals surface area contributed by atoms with Gasteiger partial charge < -0.3 is 11.1 Å². The van der Waals surface area contributed by atoms with Gasteiger partial charge in [0.05, 0.1) is 17.4 Å². The maximum absolute atomic E-state index is 13.6. The van der Waals surface area contributed by atoms with E-state index in [1.54, 1.807) is 26.1 Å². The Bertz CT molecular complexity index is 665. The molecule has 0 atom stereocenters. The molecule has 0 aliphatic heterocycles. The molecular weight excluding hydrogens is 341 g/mol. The van der Waals surface area contributed by atoms with E-state index in [9.17, 15) is 9.18 Å². The van der Waals surface area contributed by atoms with Crippen molar-refractivity contribution >= 4 is 27.5 Å². The number of anilines is 1. The molecule has 0 spiro atoms. The molecule has 0 bridgehead atoms. The summed E-state index contributed by atoms with van der Waals surface area (Å²) < 4.78 is 15.6. The van der Waals surface area contributed by atoms with E-state index in [4.69, 9.17) is 5.73 Å². The number of hydrogen-bond donors (Lipinski definition) is 2. The maximum atomic E-state index is 13.6. The third-order valence-corrected chi connectivity index (χ3v) is 3.20. The van der Waals surface area contributed by atoms with Gasteiger partial charge in [0.2, 0.25) is 5.91 Å². The zero-order valence-corrected chi connectivity index (χ0v) is 13.2. The van der Waals surface area contributed by atoms with Crippen molar-refractivity contribution in [2.75, 3.05) is 5.32 Å². The van der Waals surface area contributed by atoms with Crippen molar-refractivity contribution in [3.05, 3.63) is 40.4 Å². The van der Waals surface area contributed by atoms with Crippen molar-refractivity contribution in [1.29, 1.82) is 0 Å². The summed E-state index contributed by atoms with van der Waals surface area (Å²) in [7, 11) is 0. The van der Waals surface area contributed by atoms with Gasteiger partial charge in [-0.25, -0.2) is 9.07 Å². The molecule has 1 aromatic carbocycles. The normalized spacial score (nSPS) is 11.5. The first-order chi connectivity index (χ1) is 9.75. The first-order valence-corrected chi connectivity index (χ1v) is 6.99. The maximum Gasteiger partial charge on any atom is 0.246 e. The molecule has 1 aromatic heterocycles. The average molecular weight is 356 g/mol. The highest BCUT2D eigenvalue weighted by Crippen LogP contribution is 2.19. The van der Waals surface area contributed by atoms with Crippen molar-refractivity contribution in [1.82, 2.24) is 15.0 Å². The summed E-state index contributed by atoms with van der Waals surface area (Å²) in [6, 6.07) is 4.40. The average Bonchev–Trinajstić information content (AvgIpc) is 2.81. The van der Waals surface area contributed by atoms with Crippen LogP contribution in [0.4, 0.5) is 10.1 Å². The summed E-state index contributed by atoms with van der Waals surface area (Å²) in [5, 5.41) is 10.2. The molecule has 0 saturated carbocycles. The summed E-state index contributed by atoms with van der Waals surface area (Å²) in [6.45, 7) is 3.51. The van der Waals surface area contributed by atoms with E-state index >= 15 is 0 Å². The van der Waals surface area contributed by atoms with E-state index < -0.39 is 17.3 Å². The van der Waals surface area contributed by atoms with Gasteiger partial charge in [-0.3, -0.25) is 4.79 Å². The molecule has 0 unspecified atom stereocenters. The molecule has 8 heteroatoms. The lowest BCUT2D eigenvalue weighted by Gasteiger charge is -2.13. The highest BCUT2D eigenvalue weighted by Gasteiger charge is 2.19. The fourth-order valence-corrected chi connectivity index (χ4v) is 1.93. The van der Waals surface area contributed by atoms with Gasteiger partial charge in [0.25, 0.3) is 0 Å². The van der Waals surface area contributed by atoms with Crippen LogP contribution in [0.3, 0.4) is 0 Å². The van der Waals surface area contributed by atoms with Crippen molar-refractivity contribution in [2.45, 2.75) is 25.9 Å². The molecule has 112 valence electrons. The van der Waals surface area contributed by atoms with Crippen LogP contribution in [-0.2, 0) is 16.9 Å². The zero-order valence-electron chi connectivity index (χ0n) is 11.6. The summed E-state index contributed by atoms with van der Waals surface area (Å²) >= 11 is 3.15. The molecule has 3 N–H and O–H groups in total. The van der Waals surface area contributed by atoms with Crippen molar-refractivity contribution in [3.63, 3.8) is 0 Å². The quantitative estimate of drug-likeness (QED) is 0.878. The highest BCUT2D eigenvalue weighted by atomic mass is 79.9. The number of carbonyl (C=O) groups is 1. The molecule has 0 fully saturated rings. The first-order valence-electron chi connectivity index (χ1n) is 6.20. The molecule has 0 radical (unpaired) electrons. The van der Waals surface area contributed by atoms with Gasteiger partial charge in [0.1, 0.15) is 18.1 Å². The third-order valence-electron chi connectivity index (χ3n) is 2.71. The lowest BCUT2D eigenvalue weighted by molar-refractivity contribution is -0.116. The second kappa shape index (κ2) is 5.90. The Labute approximate surface area is 129 Å². The molecule has 0 aliphatic carbocycles. The topological polar surface area (TPSA) is 85.8 Å². The molecule has 1 heterocycles. The van der Waals surface area contributed by atoms with Crippen LogP contribution >= 0.6 is 15.9 Å². The molecule has 0 saturated heterocycles. The molecule has 21 heavy (non-hydrogen) atoms. The smallest absolute Gasteiger partial charge is 0.246 e. The molecular formula is C13H15BrFN5O. The Hall–Kier alpha value is -1.80. The molecule has 0 aliphatic rings. The molecule has 1 amide bonds. The van der Waals surface area contributed by atoms with Gasteiger partial charge >= 0.3 is 0 Å². The number of carbonyl (C=O) groups excluding carboxylic acids is 1. The van der Waals surface area contributed by atoms with E-state index in [-0.39, 0.29) is 12.2 Å². The van der Waals surface area contributed by atoms with Crippen LogP contribution in [0, 0.1) is 5.82 Å². The molecule has 6 nitrogen and oxygen atoms in total. The van der Waals surface area contributed by atoms with Gasteiger partial charge in [-0.05, 0) is 32.0 Å². The van der Waals surface area contributed by atoms with E-state index in [1.165, 1.54) is 16.8 Å². The van der Waals surface area contributed by atoms with Crippen LogP contribution in [0.15, 0.2) is 28.9 Å². The highest BCUT2D eigenvalue weighted by molar-refractivity contribution is 9.10. The number of amides is 1. The van der Waals surface area contributed by atoms with E-state index in [2.05, 4.69) is 31.6 Å². The summed E-state index contributed by atoms with van der Waals surface area (Å²) in [4.78, 5) is 11.9. The minimum Gasteiger partial charge on any atom is -0.322 e. The van der Waals surface area contributed by atoms with Crippen molar-refractivity contribution < 1.29 is 9.18 Å². The standard InChI is InChI=1S/C13H15BrFN5O/c1-13(2,16)11-6-20(19-18-11)7-12(21)17-10-4-3-8(14)5-9(10)15/h3-6H,7,16H2,1-2H3,(H,17,21). The number of hydrogen-bond acceptors (Lipinski definition) is 4. The van der Waals surface area contributed by atoms with Gasteiger partial charge in [-0.2, -0.15) is 0 Å². The SMILES string of the molecule is CC(C)(N)c1cn(CC(=O)Nc2ccc(Br)cc2F)nn1. The Morgan fingerprint density at radius 3 is 2.81 bits per heavy atom. The van der Waals surface area contributed by atoms with Crippen LogP contribution in [0.1, 0.15) is 19.5 Å². The number of nitrogens with one attached hydrogen (secondary N) is 1. The van der Waals surface area contributed by atoms with Crippen LogP contribution in [0.2, 0.25) is 0 Å². The lowest BCUT2D eigenvalue weighted by atomic mass is 10.0. The minimum absolute atomic E-state index is 0.0708. The van der Waals surface area contributed by atoms with E-state index in [0.29, 0.717) is 10.2 Å². The van der Waals surface area contributed by atoms with E-state index in [1.807, 2.05) is 0 Å². The van der Waals surface area contributed by atoms with Gasteiger partial charge in [-0.15, -0.1) is 5.10 Å². The lowest BCUT2D eigenvalue weighted by Crippen LogP contribution is -2.29. The number of nitrogens with zero attached hydrogens (tertiary/aromatic N) is 3. The monoisotopic (exact) mass is 355 g/mol. The molecule has 2 aromatic rings. The van der Waals surface area contributed by atoms with Crippen LogP contribution in [-0.4, -0.2) is 20.9 Å².